The molecule has 1 aromatic heterocycles. The van der Waals surface area contributed by atoms with E-state index in [0.717, 1.165) is 41.3 Å². The van der Waals surface area contributed by atoms with E-state index in [9.17, 15) is 8.42 Å². The minimum atomic E-state index is -3.57. The standard InChI is InChI=1S/C22H32N4O2S2/c1-5-23-21(29)25(19-9-10-19)14-20-12-24-22(26(20)13-16(2)3)30(27,28)15-18-8-6-7-17(4)11-18/h6-8,11-12,16,19H,5,9-10,13-15H2,1-4H3,(H,23,29). The first-order valence-corrected chi connectivity index (χ1v) is 12.6. The van der Waals surface area contributed by atoms with Crippen molar-refractivity contribution >= 4 is 27.2 Å². The molecule has 0 atom stereocenters. The van der Waals surface area contributed by atoms with Gasteiger partial charge in [-0.15, -0.1) is 0 Å². The van der Waals surface area contributed by atoms with Gasteiger partial charge < -0.3 is 14.8 Å². The quantitative estimate of drug-likeness (QED) is 0.590. The topological polar surface area (TPSA) is 67.2 Å². The molecular weight excluding hydrogens is 416 g/mol. The van der Waals surface area contributed by atoms with Gasteiger partial charge in [-0.25, -0.2) is 13.4 Å². The highest BCUT2D eigenvalue weighted by Gasteiger charge is 2.32. The Morgan fingerprint density at radius 3 is 2.70 bits per heavy atom. The van der Waals surface area contributed by atoms with E-state index in [1.807, 2.05) is 42.7 Å². The van der Waals surface area contributed by atoms with E-state index < -0.39 is 9.84 Å². The van der Waals surface area contributed by atoms with E-state index in [4.69, 9.17) is 12.2 Å². The monoisotopic (exact) mass is 448 g/mol. The van der Waals surface area contributed by atoms with Gasteiger partial charge in [0.2, 0.25) is 15.0 Å². The molecule has 0 bridgehead atoms. The Bertz CT molecular complexity index is 994. The molecule has 8 heteroatoms. The molecule has 1 fully saturated rings. The highest BCUT2D eigenvalue weighted by atomic mass is 32.2. The second kappa shape index (κ2) is 9.47. The molecule has 0 radical (unpaired) electrons. The summed E-state index contributed by atoms with van der Waals surface area (Å²) in [4.78, 5) is 6.55. The maximum atomic E-state index is 13.3. The number of aryl methyl sites for hydroxylation is 1. The number of nitrogens with zero attached hydrogens (tertiary/aromatic N) is 3. The molecule has 0 spiro atoms. The molecule has 1 saturated carbocycles. The van der Waals surface area contributed by atoms with Crippen molar-refractivity contribution in [1.29, 1.82) is 0 Å². The van der Waals surface area contributed by atoms with Crippen LogP contribution in [0.25, 0.3) is 0 Å². The molecule has 1 N–H and O–H groups in total. The first kappa shape index (κ1) is 22.7. The molecule has 1 aliphatic carbocycles. The van der Waals surface area contributed by atoms with E-state index in [2.05, 4.69) is 29.0 Å². The number of hydrogen-bond acceptors (Lipinski definition) is 4. The van der Waals surface area contributed by atoms with Crippen molar-refractivity contribution in [3.05, 3.63) is 47.3 Å². The molecule has 0 amide bonds. The molecule has 2 aromatic rings. The molecular formula is C22H32N4O2S2. The fourth-order valence-electron chi connectivity index (χ4n) is 3.59. The summed E-state index contributed by atoms with van der Waals surface area (Å²) in [6.45, 7) is 10.1. The molecule has 1 heterocycles. The number of thiocarbonyl (C=S) groups is 1. The van der Waals surface area contributed by atoms with Crippen molar-refractivity contribution < 1.29 is 8.42 Å². The van der Waals surface area contributed by atoms with Crippen LogP contribution < -0.4 is 5.32 Å². The molecule has 1 aromatic carbocycles. The van der Waals surface area contributed by atoms with Gasteiger partial charge in [-0.05, 0) is 50.4 Å². The number of rotatable bonds is 9. The lowest BCUT2D eigenvalue weighted by atomic mass is 10.2. The second-order valence-corrected chi connectivity index (χ2v) is 10.7. The third-order valence-electron chi connectivity index (χ3n) is 5.08. The Morgan fingerprint density at radius 2 is 2.10 bits per heavy atom. The molecule has 164 valence electrons. The van der Waals surface area contributed by atoms with Gasteiger partial charge in [0.1, 0.15) is 0 Å². The second-order valence-electron chi connectivity index (χ2n) is 8.48. The van der Waals surface area contributed by atoms with E-state index in [0.29, 0.717) is 25.0 Å². The third-order valence-corrected chi connectivity index (χ3v) is 7.05. The Balaban J connectivity index is 1.91. The van der Waals surface area contributed by atoms with Gasteiger partial charge in [0, 0.05) is 19.1 Å². The lowest BCUT2D eigenvalue weighted by Gasteiger charge is -2.26. The molecule has 0 aliphatic heterocycles. The minimum Gasteiger partial charge on any atom is -0.363 e. The van der Waals surface area contributed by atoms with Crippen LogP contribution in [-0.4, -0.2) is 40.6 Å². The summed E-state index contributed by atoms with van der Waals surface area (Å²) in [7, 11) is -3.57. The Morgan fingerprint density at radius 1 is 1.37 bits per heavy atom. The fraction of sp³-hybridized carbons (Fsp3) is 0.545. The summed E-state index contributed by atoms with van der Waals surface area (Å²) in [5.74, 6) is 0.242. The first-order valence-electron chi connectivity index (χ1n) is 10.6. The van der Waals surface area contributed by atoms with Gasteiger partial charge in [-0.2, -0.15) is 0 Å². The van der Waals surface area contributed by atoms with Crippen LogP contribution in [0.2, 0.25) is 0 Å². The van der Waals surface area contributed by atoms with Crippen LogP contribution in [0.15, 0.2) is 35.6 Å². The molecule has 1 aliphatic rings. The zero-order valence-electron chi connectivity index (χ0n) is 18.3. The predicted molar refractivity (Wildman–Crippen MR) is 124 cm³/mol. The van der Waals surface area contributed by atoms with Gasteiger partial charge in [-0.3, -0.25) is 0 Å². The molecule has 3 rings (SSSR count). The van der Waals surface area contributed by atoms with Crippen molar-refractivity contribution in [3.8, 4) is 0 Å². The molecule has 0 saturated heterocycles. The normalized spacial score (nSPS) is 14.2. The van der Waals surface area contributed by atoms with Crippen molar-refractivity contribution in [2.75, 3.05) is 6.54 Å². The van der Waals surface area contributed by atoms with Crippen LogP contribution in [-0.2, 0) is 28.7 Å². The Hall–Kier alpha value is -1.93. The highest BCUT2D eigenvalue weighted by molar-refractivity contribution is 7.90. The number of nitrogens with one attached hydrogen (secondary N) is 1. The van der Waals surface area contributed by atoms with Gasteiger partial charge in [0.05, 0.1) is 24.2 Å². The third kappa shape index (κ3) is 5.60. The van der Waals surface area contributed by atoms with Crippen molar-refractivity contribution in [2.45, 2.75) is 70.6 Å². The predicted octanol–water partition coefficient (Wildman–Crippen LogP) is 3.68. The smallest absolute Gasteiger partial charge is 0.228 e. The summed E-state index contributed by atoms with van der Waals surface area (Å²) in [6.07, 6.45) is 3.93. The highest BCUT2D eigenvalue weighted by Crippen LogP contribution is 2.29. The molecule has 0 unspecified atom stereocenters. The van der Waals surface area contributed by atoms with Crippen molar-refractivity contribution in [2.24, 2.45) is 5.92 Å². The Labute approximate surface area is 185 Å². The summed E-state index contributed by atoms with van der Waals surface area (Å²) in [5.41, 5.74) is 2.72. The fourth-order valence-corrected chi connectivity index (χ4v) is 5.44. The van der Waals surface area contributed by atoms with E-state index in [1.54, 1.807) is 6.20 Å². The van der Waals surface area contributed by atoms with E-state index >= 15 is 0 Å². The van der Waals surface area contributed by atoms with Crippen molar-refractivity contribution in [3.63, 3.8) is 0 Å². The number of aromatic nitrogens is 2. The number of sulfone groups is 1. The van der Waals surface area contributed by atoms with Crippen molar-refractivity contribution in [1.82, 2.24) is 19.8 Å². The molecule has 30 heavy (non-hydrogen) atoms. The van der Waals surface area contributed by atoms with Crippen LogP contribution in [0.5, 0.6) is 0 Å². The van der Waals surface area contributed by atoms with Gasteiger partial charge in [0.25, 0.3) is 0 Å². The zero-order chi connectivity index (χ0) is 21.9. The van der Waals surface area contributed by atoms with Crippen LogP contribution in [0.4, 0.5) is 0 Å². The lowest BCUT2D eigenvalue weighted by molar-refractivity contribution is 0.371. The minimum absolute atomic E-state index is 0.0502. The van der Waals surface area contributed by atoms with Crippen LogP contribution in [0.1, 0.15) is 50.4 Å². The van der Waals surface area contributed by atoms with Gasteiger partial charge in [-0.1, -0.05) is 43.7 Å². The average molecular weight is 449 g/mol. The van der Waals surface area contributed by atoms with Gasteiger partial charge >= 0.3 is 0 Å². The average Bonchev–Trinajstić information content (AvgIpc) is 3.41. The first-order chi connectivity index (χ1) is 14.2. The van der Waals surface area contributed by atoms with Gasteiger partial charge in [0.15, 0.2) is 5.11 Å². The number of imidazole rings is 1. The largest absolute Gasteiger partial charge is 0.363 e. The Kier molecular flexibility index (Phi) is 7.18. The zero-order valence-corrected chi connectivity index (χ0v) is 19.9. The summed E-state index contributed by atoms with van der Waals surface area (Å²) >= 11 is 5.57. The van der Waals surface area contributed by atoms with Crippen LogP contribution in [0.3, 0.4) is 0 Å². The van der Waals surface area contributed by atoms with Crippen LogP contribution >= 0.6 is 12.2 Å². The SMILES string of the molecule is CCNC(=S)N(Cc1cnc(S(=O)(=O)Cc2cccc(C)c2)n1CC(C)C)C1CC1. The summed E-state index contributed by atoms with van der Waals surface area (Å²) in [5, 5.41) is 4.11. The number of benzene rings is 1. The van der Waals surface area contributed by atoms with E-state index in [1.165, 1.54) is 0 Å². The lowest BCUT2D eigenvalue weighted by Crippen LogP contribution is -2.41. The summed E-state index contributed by atoms with van der Waals surface area (Å²) < 4.78 is 28.4. The van der Waals surface area contributed by atoms with E-state index in [-0.39, 0.29) is 10.9 Å². The maximum absolute atomic E-state index is 13.3. The molecule has 6 nitrogen and oxygen atoms in total. The summed E-state index contributed by atoms with van der Waals surface area (Å²) in [6, 6.07) is 8.05. The van der Waals surface area contributed by atoms with Crippen LogP contribution in [0, 0.1) is 12.8 Å². The maximum Gasteiger partial charge on any atom is 0.228 e. The number of hydrogen-bond donors (Lipinski definition) is 1.